The Morgan fingerprint density at radius 2 is 1.43 bits per heavy atom. The number of carbonyl (C=O) groups excluding carboxylic acids is 2. The number of hydrogen-bond donors (Lipinski definition) is 2. The lowest BCUT2D eigenvalue weighted by Gasteiger charge is -2.38. The van der Waals surface area contributed by atoms with E-state index in [9.17, 15) is 19.8 Å². The predicted molar refractivity (Wildman–Crippen MR) is 154 cm³/mol. The van der Waals surface area contributed by atoms with Gasteiger partial charge in [-0.3, -0.25) is 4.90 Å². The summed E-state index contributed by atoms with van der Waals surface area (Å²) in [6.07, 6.45) is 3.06. The standard InChI is InChI=1S/C27H48N4O4S2/c1-7-28-15-21-23(37-21)31(25(28)35)18-27(5,6)14-12-20(33)10-9-19(32)11-13-26(3,4)17-30-22(36)16-29(8-2)24(30)34/h19-21,23,32-33H,7-18H2,1-6H3. The molecule has 8 nitrogen and oxygen atoms in total. The summed E-state index contributed by atoms with van der Waals surface area (Å²) >= 11 is 7.30. The zero-order valence-corrected chi connectivity index (χ0v) is 25.2. The van der Waals surface area contributed by atoms with Crippen molar-refractivity contribution in [1.29, 1.82) is 0 Å². The maximum Gasteiger partial charge on any atom is 0.325 e. The molecule has 0 radical (unpaired) electrons. The van der Waals surface area contributed by atoms with Crippen LogP contribution >= 0.6 is 24.0 Å². The minimum atomic E-state index is -0.481. The second-order valence-electron chi connectivity index (χ2n) is 12.6. The first-order valence-corrected chi connectivity index (χ1v) is 15.3. The van der Waals surface area contributed by atoms with Crippen molar-refractivity contribution in [2.75, 3.05) is 39.3 Å². The fourth-order valence-electron chi connectivity index (χ4n) is 5.38. The molecule has 0 aromatic heterocycles. The van der Waals surface area contributed by atoms with Gasteiger partial charge in [-0.15, -0.1) is 11.8 Å². The van der Waals surface area contributed by atoms with Crippen LogP contribution in [0.15, 0.2) is 0 Å². The second-order valence-corrected chi connectivity index (χ2v) is 14.4. The maximum absolute atomic E-state index is 12.8. The number of amides is 4. The van der Waals surface area contributed by atoms with Crippen LogP contribution < -0.4 is 0 Å². The number of thiocarbonyl (C=S) groups is 1. The third-order valence-electron chi connectivity index (χ3n) is 8.00. The van der Waals surface area contributed by atoms with Gasteiger partial charge in [0.05, 0.1) is 29.4 Å². The van der Waals surface area contributed by atoms with E-state index in [1.807, 2.05) is 35.4 Å². The van der Waals surface area contributed by atoms with E-state index in [0.717, 1.165) is 25.9 Å². The Morgan fingerprint density at radius 3 is 1.95 bits per heavy atom. The van der Waals surface area contributed by atoms with Gasteiger partial charge in [-0.25, -0.2) is 9.59 Å². The number of carbonyl (C=O) groups is 2. The first-order valence-electron chi connectivity index (χ1n) is 13.9. The van der Waals surface area contributed by atoms with Crippen molar-refractivity contribution in [3.8, 4) is 0 Å². The van der Waals surface area contributed by atoms with Gasteiger partial charge in [0.2, 0.25) is 0 Å². The summed E-state index contributed by atoms with van der Waals surface area (Å²) in [5.74, 6) is 0. The smallest absolute Gasteiger partial charge is 0.325 e. The zero-order valence-electron chi connectivity index (χ0n) is 23.6. The van der Waals surface area contributed by atoms with Crippen LogP contribution in [0.25, 0.3) is 0 Å². The molecule has 0 aromatic carbocycles. The lowest BCUT2D eigenvalue weighted by Crippen LogP contribution is -2.53. The van der Waals surface area contributed by atoms with Gasteiger partial charge < -0.3 is 24.9 Å². The minimum Gasteiger partial charge on any atom is -0.393 e. The number of fused-ring (bicyclic) bond motifs is 1. The lowest BCUT2D eigenvalue weighted by molar-refractivity contribution is 0.0783. The Kier molecular flexibility index (Phi) is 10.2. The van der Waals surface area contributed by atoms with Crippen molar-refractivity contribution < 1.29 is 19.8 Å². The summed E-state index contributed by atoms with van der Waals surface area (Å²) in [5, 5.41) is 22.1. The molecular formula is C27H48N4O4S2. The number of likely N-dealkylation sites (N-methyl/N-ethyl adjacent to an activating group) is 1. The lowest BCUT2D eigenvalue weighted by atomic mass is 9.84. The molecule has 0 aliphatic carbocycles. The first kappa shape index (κ1) is 30.4. The van der Waals surface area contributed by atoms with E-state index in [0.29, 0.717) is 67.5 Å². The largest absolute Gasteiger partial charge is 0.393 e. The van der Waals surface area contributed by atoms with Crippen LogP contribution in [0.3, 0.4) is 0 Å². The van der Waals surface area contributed by atoms with Crippen molar-refractivity contribution in [2.45, 2.75) is 103 Å². The highest BCUT2D eigenvalue weighted by Gasteiger charge is 2.52. The van der Waals surface area contributed by atoms with Crippen molar-refractivity contribution in [1.82, 2.24) is 19.6 Å². The number of rotatable bonds is 15. The summed E-state index contributed by atoms with van der Waals surface area (Å²) in [6, 6.07) is 0.127. The molecule has 3 aliphatic heterocycles. The summed E-state index contributed by atoms with van der Waals surface area (Å²) in [6.45, 7) is 16.6. The molecule has 212 valence electrons. The average molecular weight is 557 g/mol. The van der Waals surface area contributed by atoms with Crippen LogP contribution in [0.4, 0.5) is 9.59 Å². The van der Waals surface area contributed by atoms with E-state index in [1.165, 1.54) is 0 Å². The van der Waals surface area contributed by atoms with E-state index < -0.39 is 12.2 Å². The molecule has 4 unspecified atom stereocenters. The molecule has 0 aromatic rings. The quantitative estimate of drug-likeness (QED) is 0.230. The second kappa shape index (κ2) is 12.4. The van der Waals surface area contributed by atoms with E-state index in [4.69, 9.17) is 12.2 Å². The van der Waals surface area contributed by atoms with Crippen LogP contribution in [0.1, 0.15) is 80.1 Å². The highest BCUT2D eigenvalue weighted by molar-refractivity contribution is 8.07. The van der Waals surface area contributed by atoms with Crippen LogP contribution in [-0.4, -0.2) is 109 Å². The first-order chi connectivity index (χ1) is 17.3. The molecule has 4 amide bonds. The monoisotopic (exact) mass is 556 g/mol. The van der Waals surface area contributed by atoms with Gasteiger partial charge in [0.15, 0.2) is 0 Å². The van der Waals surface area contributed by atoms with Gasteiger partial charge in [0, 0.05) is 32.7 Å². The molecule has 0 saturated carbocycles. The third-order valence-corrected chi connectivity index (χ3v) is 9.65. The SMILES string of the molecule is CCN1CC(=S)N(CC(C)(C)CCC(O)CCC(O)CCC(C)(C)CN2C(=O)N(CC)CC3SC32)C1=O. The van der Waals surface area contributed by atoms with Gasteiger partial charge in [0.25, 0.3) is 0 Å². The normalized spacial score (nSPS) is 24.2. The van der Waals surface area contributed by atoms with Crippen molar-refractivity contribution in [3.05, 3.63) is 0 Å². The van der Waals surface area contributed by atoms with Gasteiger partial charge in [-0.2, -0.15) is 0 Å². The maximum atomic E-state index is 12.8. The molecule has 0 spiro atoms. The van der Waals surface area contributed by atoms with Crippen LogP contribution in [0.5, 0.6) is 0 Å². The summed E-state index contributed by atoms with van der Waals surface area (Å²) < 4.78 is 0. The predicted octanol–water partition coefficient (Wildman–Crippen LogP) is 4.39. The Morgan fingerprint density at radius 1 is 0.892 bits per heavy atom. The molecule has 3 fully saturated rings. The van der Waals surface area contributed by atoms with Crippen molar-refractivity contribution >= 4 is 41.0 Å². The molecule has 10 heteroatoms. The molecule has 4 atom stereocenters. The van der Waals surface area contributed by atoms with Gasteiger partial charge in [-0.05, 0) is 63.2 Å². The number of thioether (sulfide) groups is 1. The Balaban J connectivity index is 1.35. The topological polar surface area (TPSA) is 87.6 Å². The highest BCUT2D eigenvalue weighted by atomic mass is 32.2. The molecule has 0 bridgehead atoms. The molecule has 3 aliphatic rings. The summed E-state index contributed by atoms with van der Waals surface area (Å²) in [7, 11) is 0. The van der Waals surface area contributed by atoms with Gasteiger partial charge in [0.1, 0.15) is 4.99 Å². The minimum absolute atomic E-state index is 0.0183. The molecular weight excluding hydrogens is 508 g/mol. The fourth-order valence-corrected chi connectivity index (χ4v) is 6.76. The summed E-state index contributed by atoms with van der Waals surface area (Å²) in [4.78, 5) is 33.4. The fraction of sp³-hybridized carbons (Fsp3) is 0.889. The van der Waals surface area contributed by atoms with Gasteiger partial charge in [-0.1, -0.05) is 39.9 Å². The van der Waals surface area contributed by atoms with Gasteiger partial charge >= 0.3 is 12.1 Å². The molecule has 37 heavy (non-hydrogen) atoms. The number of nitrogens with zero attached hydrogens (tertiary/aromatic N) is 4. The third kappa shape index (κ3) is 8.19. The van der Waals surface area contributed by atoms with E-state index >= 15 is 0 Å². The molecule has 3 rings (SSSR count). The van der Waals surface area contributed by atoms with E-state index in [-0.39, 0.29) is 22.9 Å². The molecule has 3 saturated heterocycles. The molecule has 2 N–H and O–H groups in total. The Hall–Kier alpha value is -1.10. The highest BCUT2D eigenvalue weighted by Crippen LogP contribution is 2.48. The van der Waals surface area contributed by atoms with Crippen molar-refractivity contribution in [2.24, 2.45) is 10.8 Å². The average Bonchev–Trinajstić information content (AvgIpc) is 3.57. The number of aliphatic hydroxyl groups is 2. The van der Waals surface area contributed by atoms with Crippen LogP contribution in [0, 0.1) is 10.8 Å². The molecule has 3 heterocycles. The zero-order chi connectivity index (χ0) is 27.5. The van der Waals surface area contributed by atoms with Crippen LogP contribution in [0.2, 0.25) is 0 Å². The number of aliphatic hydroxyl groups excluding tert-OH is 2. The summed E-state index contributed by atoms with van der Waals surface area (Å²) in [5.41, 5.74) is -0.240. The van der Waals surface area contributed by atoms with E-state index in [2.05, 4.69) is 27.7 Å². The Labute approximate surface area is 233 Å². The Bertz CT molecular complexity index is 839. The number of hydrogen-bond acceptors (Lipinski definition) is 6. The van der Waals surface area contributed by atoms with Crippen molar-refractivity contribution in [3.63, 3.8) is 0 Å². The number of urea groups is 2. The van der Waals surface area contributed by atoms with Crippen LogP contribution in [-0.2, 0) is 0 Å². The van der Waals surface area contributed by atoms with E-state index in [1.54, 1.807) is 9.80 Å².